The number of carbonyl (C=O) groups is 1. The summed E-state index contributed by atoms with van der Waals surface area (Å²) >= 11 is 0. The monoisotopic (exact) mass is 303 g/mol. The highest BCUT2D eigenvalue weighted by Crippen LogP contribution is 2.32. The molecule has 2 aromatic carbocycles. The molecule has 2 aliphatic heterocycles. The number of nitrogens with zero attached hydrogens (tertiary/aromatic N) is 2. The number of fused-ring (bicyclic) bond motifs is 5. The molecule has 114 valence electrons. The Morgan fingerprint density at radius 1 is 1.13 bits per heavy atom. The van der Waals surface area contributed by atoms with Crippen LogP contribution in [0.25, 0.3) is 21.7 Å². The molecule has 0 radical (unpaired) electrons. The molecule has 0 bridgehead atoms. The lowest BCUT2D eigenvalue weighted by atomic mass is 10.0. The Labute approximate surface area is 134 Å². The van der Waals surface area contributed by atoms with Crippen LogP contribution in [0.1, 0.15) is 18.4 Å². The van der Waals surface area contributed by atoms with Gasteiger partial charge in [-0.3, -0.25) is 9.69 Å². The normalized spacial score (nSPS) is 21.0. The molecule has 2 aliphatic rings. The predicted octanol–water partition coefficient (Wildman–Crippen LogP) is 3.30. The molecule has 1 fully saturated rings. The topological polar surface area (TPSA) is 45.2 Å². The average Bonchev–Trinajstić information content (AvgIpc) is 2.99. The summed E-state index contributed by atoms with van der Waals surface area (Å²) < 4.78 is 0. The van der Waals surface area contributed by atoms with Gasteiger partial charge in [-0.2, -0.15) is 0 Å². The molecule has 1 N–H and O–H groups in total. The molecule has 4 heteroatoms. The third-order valence-corrected chi connectivity index (χ3v) is 5.07. The third kappa shape index (κ3) is 1.95. The van der Waals surface area contributed by atoms with Crippen LogP contribution in [0.5, 0.6) is 0 Å². The molecule has 0 aliphatic carbocycles. The van der Waals surface area contributed by atoms with E-state index in [9.17, 15) is 4.79 Å². The molecule has 1 atom stereocenters. The molecule has 23 heavy (non-hydrogen) atoms. The van der Waals surface area contributed by atoms with Crippen molar-refractivity contribution in [2.45, 2.75) is 25.4 Å². The number of hydrogen-bond acceptors (Lipinski definition) is 3. The number of hydrogen-bond donors (Lipinski definition) is 1. The van der Waals surface area contributed by atoms with E-state index >= 15 is 0 Å². The van der Waals surface area contributed by atoms with Crippen molar-refractivity contribution in [3.63, 3.8) is 0 Å². The standard InChI is InChI=1S/C19H17N3O/c23-19-16-6-3-9-22(16)11-14-10-13-8-7-12-4-1-2-5-15(12)17(13)20-18(14)21-19/h1-2,4-5,7-8,10,16H,3,6,9,11H2,(H,20,21,23)/t16-/m0/s1. The van der Waals surface area contributed by atoms with Crippen LogP contribution < -0.4 is 5.32 Å². The number of nitrogens with one attached hydrogen (secondary N) is 1. The molecule has 0 spiro atoms. The van der Waals surface area contributed by atoms with Gasteiger partial charge in [-0.25, -0.2) is 4.98 Å². The Kier molecular flexibility index (Phi) is 2.70. The Hall–Kier alpha value is -2.46. The number of aromatic nitrogens is 1. The summed E-state index contributed by atoms with van der Waals surface area (Å²) in [6.45, 7) is 1.79. The summed E-state index contributed by atoms with van der Waals surface area (Å²) in [6.07, 6.45) is 2.04. The van der Waals surface area contributed by atoms with Crippen molar-refractivity contribution in [3.8, 4) is 0 Å². The van der Waals surface area contributed by atoms with Crippen LogP contribution in [0.3, 0.4) is 0 Å². The quantitative estimate of drug-likeness (QED) is 0.648. The summed E-state index contributed by atoms with van der Waals surface area (Å²) in [4.78, 5) is 19.6. The van der Waals surface area contributed by atoms with E-state index in [0.717, 1.165) is 53.6 Å². The Balaban J connectivity index is 1.74. The van der Waals surface area contributed by atoms with Gasteiger partial charge in [0.2, 0.25) is 5.91 Å². The largest absolute Gasteiger partial charge is 0.309 e. The van der Waals surface area contributed by atoms with Gasteiger partial charge in [0.25, 0.3) is 0 Å². The molecular weight excluding hydrogens is 286 g/mol. The number of pyridine rings is 1. The highest BCUT2D eigenvalue weighted by molar-refractivity contribution is 6.06. The van der Waals surface area contributed by atoms with Crippen molar-refractivity contribution in [2.75, 3.05) is 11.9 Å². The van der Waals surface area contributed by atoms with E-state index in [0.29, 0.717) is 0 Å². The SMILES string of the molecule is O=C1Nc2nc3c(ccc4ccccc43)cc2CN2CCC[C@@H]12. The predicted molar refractivity (Wildman–Crippen MR) is 91.3 cm³/mol. The third-order valence-electron chi connectivity index (χ3n) is 5.07. The van der Waals surface area contributed by atoms with Crippen LogP contribution in [0.4, 0.5) is 5.82 Å². The van der Waals surface area contributed by atoms with Crippen molar-refractivity contribution in [3.05, 3.63) is 48.0 Å². The molecule has 0 saturated carbocycles. The number of amides is 1. The van der Waals surface area contributed by atoms with E-state index in [1.807, 2.05) is 12.1 Å². The average molecular weight is 303 g/mol. The molecule has 3 aromatic rings. The molecule has 3 heterocycles. The van der Waals surface area contributed by atoms with Crippen LogP contribution in [-0.4, -0.2) is 28.4 Å². The van der Waals surface area contributed by atoms with E-state index in [2.05, 4.69) is 40.5 Å². The Morgan fingerprint density at radius 2 is 2.00 bits per heavy atom. The zero-order valence-corrected chi connectivity index (χ0v) is 12.7. The lowest BCUT2D eigenvalue weighted by Gasteiger charge is -2.19. The molecular formula is C19H17N3O. The van der Waals surface area contributed by atoms with E-state index in [-0.39, 0.29) is 11.9 Å². The highest BCUT2D eigenvalue weighted by atomic mass is 16.2. The summed E-state index contributed by atoms with van der Waals surface area (Å²) in [5.41, 5.74) is 2.08. The van der Waals surface area contributed by atoms with Gasteiger partial charge in [0.1, 0.15) is 5.82 Å². The molecule has 1 amide bonds. The van der Waals surface area contributed by atoms with Gasteiger partial charge >= 0.3 is 0 Å². The van der Waals surface area contributed by atoms with Gasteiger partial charge in [-0.1, -0.05) is 36.4 Å². The number of carbonyl (C=O) groups excluding carboxylic acids is 1. The zero-order valence-electron chi connectivity index (χ0n) is 12.7. The summed E-state index contributed by atoms with van der Waals surface area (Å²) in [5, 5.41) is 6.50. The smallest absolute Gasteiger partial charge is 0.242 e. The fourth-order valence-corrected chi connectivity index (χ4v) is 3.91. The first-order valence-corrected chi connectivity index (χ1v) is 8.16. The number of anilines is 1. The second-order valence-electron chi connectivity index (χ2n) is 6.47. The van der Waals surface area contributed by atoms with E-state index in [1.54, 1.807) is 0 Å². The maximum Gasteiger partial charge on any atom is 0.242 e. The van der Waals surface area contributed by atoms with Crippen molar-refractivity contribution < 1.29 is 4.79 Å². The summed E-state index contributed by atoms with van der Waals surface area (Å²) in [7, 11) is 0. The van der Waals surface area contributed by atoms with Gasteiger partial charge < -0.3 is 5.32 Å². The van der Waals surface area contributed by atoms with Crippen LogP contribution in [-0.2, 0) is 11.3 Å². The minimum Gasteiger partial charge on any atom is -0.309 e. The van der Waals surface area contributed by atoms with Gasteiger partial charge in [0, 0.05) is 22.9 Å². The minimum atomic E-state index is 0.00376. The maximum absolute atomic E-state index is 12.5. The van der Waals surface area contributed by atoms with Crippen molar-refractivity contribution in [2.24, 2.45) is 0 Å². The summed E-state index contributed by atoms with van der Waals surface area (Å²) in [6, 6.07) is 14.7. The molecule has 4 nitrogen and oxygen atoms in total. The number of rotatable bonds is 0. The first-order valence-electron chi connectivity index (χ1n) is 8.16. The fraction of sp³-hybridized carbons (Fsp3) is 0.263. The number of benzene rings is 2. The van der Waals surface area contributed by atoms with Gasteiger partial charge in [-0.05, 0) is 30.8 Å². The van der Waals surface area contributed by atoms with E-state index in [4.69, 9.17) is 4.98 Å². The first-order chi connectivity index (χ1) is 11.3. The minimum absolute atomic E-state index is 0.00376. The van der Waals surface area contributed by atoms with Crippen molar-refractivity contribution >= 4 is 33.4 Å². The Morgan fingerprint density at radius 3 is 2.96 bits per heavy atom. The first kappa shape index (κ1) is 13.0. The van der Waals surface area contributed by atoms with Gasteiger partial charge in [0.15, 0.2) is 0 Å². The van der Waals surface area contributed by atoms with Crippen LogP contribution in [0.15, 0.2) is 42.5 Å². The van der Waals surface area contributed by atoms with Crippen molar-refractivity contribution in [1.29, 1.82) is 0 Å². The molecule has 5 rings (SSSR count). The van der Waals surface area contributed by atoms with Crippen LogP contribution >= 0.6 is 0 Å². The van der Waals surface area contributed by atoms with Gasteiger partial charge in [-0.15, -0.1) is 0 Å². The lowest BCUT2D eigenvalue weighted by Crippen LogP contribution is -2.36. The lowest BCUT2D eigenvalue weighted by molar-refractivity contribution is -0.120. The molecule has 0 unspecified atom stereocenters. The van der Waals surface area contributed by atoms with Crippen LogP contribution in [0.2, 0.25) is 0 Å². The van der Waals surface area contributed by atoms with Crippen LogP contribution in [0, 0.1) is 0 Å². The maximum atomic E-state index is 12.5. The zero-order chi connectivity index (χ0) is 15.4. The molecule has 1 aromatic heterocycles. The fourth-order valence-electron chi connectivity index (χ4n) is 3.91. The highest BCUT2D eigenvalue weighted by Gasteiger charge is 2.34. The van der Waals surface area contributed by atoms with Crippen molar-refractivity contribution in [1.82, 2.24) is 9.88 Å². The van der Waals surface area contributed by atoms with Gasteiger partial charge in [0.05, 0.1) is 11.6 Å². The van der Waals surface area contributed by atoms with E-state index in [1.165, 1.54) is 5.39 Å². The molecule has 1 saturated heterocycles. The van der Waals surface area contributed by atoms with E-state index < -0.39 is 0 Å². The second kappa shape index (κ2) is 4.77. The second-order valence-corrected chi connectivity index (χ2v) is 6.47. The summed E-state index contributed by atoms with van der Waals surface area (Å²) in [5.74, 6) is 0.821. The Bertz CT molecular complexity index is 950.